The van der Waals surface area contributed by atoms with E-state index in [0.29, 0.717) is 7.69 Å². The van der Waals surface area contributed by atoms with Gasteiger partial charge in [-0.3, -0.25) is 0 Å². The zero-order chi connectivity index (χ0) is 3.70. The third-order valence-electron chi connectivity index (χ3n) is 0.605. The molecule has 2 nitrogen and oxygen atoms in total. The van der Waals surface area contributed by atoms with Gasteiger partial charge in [-0.2, -0.15) is 0 Å². The molecule has 0 aromatic rings. The average molecular weight is 69.7 g/mol. The van der Waals surface area contributed by atoms with Crippen LogP contribution in [0.1, 0.15) is 0 Å². The highest BCUT2D eigenvalue weighted by molar-refractivity contribution is 6.63. The van der Waals surface area contributed by atoms with Gasteiger partial charge in [-0.25, -0.2) is 0 Å². The molecule has 4 heteroatoms. The monoisotopic (exact) mass is 70.0 g/mol. The molecule has 0 saturated carbocycles. The molecule has 1 rings (SSSR count). The first kappa shape index (κ1) is 3.25. The van der Waals surface area contributed by atoms with Gasteiger partial charge in [0.15, 0.2) is 0 Å². The maximum absolute atomic E-state index is 4.71. The van der Waals surface area contributed by atoms with Crippen LogP contribution in [-0.4, -0.2) is 14.8 Å². The van der Waals surface area contributed by atoms with Crippen LogP contribution in [0.3, 0.4) is 0 Å². The molecule has 1 heterocycles. The Hall–Kier alpha value is 0.0499. The second-order valence-corrected chi connectivity index (χ2v) is 1.02. The van der Waals surface area contributed by atoms with E-state index in [1.807, 2.05) is 6.82 Å². The summed E-state index contributed by atoms with van der Waals surface area (Å²) in [6, 6.07) is 0. The van der Waals surface area contributed by atoms with Gasteiger partial charge in [0.05, 0.1) is 0 Å². The molecular weight excluding hydrogens is 65.6 g/mol. The second-order valence-electron chi connectivity index (χ2n) is 1.02. The van der Waals surface area contributed by atoms with Crippen molar-refractivity contribution in [1.29, 1.82) is 0 Å². The minimum atomic E-state index is 0.0648. The Balaban J connectivity index is 2.08. The average Bonchev–Trinajstić information content (AvgIpc) is 1.30. The first-order chi connectivity index (χ1) is 2.39. The maximum atomic E-state index is 4.71. The summed E-state index contributed by atoms with van der Waals surface area (Å²) in [5.41, 5.74) is 0. The smallest absolute Gasteiger partial charge is 0.425 e. The van der Waals surface area contributed by atoms with E-state index in [2.05, 4.69) is 0 Å². The van der Waals surface area contributed by atoms with Crippen molar-refractivity contribution in [2.45, 2.75) is 6.82 Å². The molecule has 1 fully saturated rings. The van der Waals surface area contributed by atoms with Crippen LogP contribution in [-0.2, 0) is 9.14 Å². The van der Waals surface area contributed by atoms with E-state index in [1.54, 1.807) is 0 Å². The van der Waals surface area contributed by atoms with Gasteiger partial charge in [0, 0.05) is 0 Å². The van der Waals surface area contributed by atoms with Crippen LogP contribution in [0.25, 0.3) is 0 Å². The summed E-state index contributed by atoms with van der Waals surface area (Å²) in [6.45, 7) is 1.86. The quantitative estimate of drug-likeness (QED) is 0.355. The van der Waals surface area contributed by atoms with Gasteiger partial charge in [0.25, 0.3) is 0 Å². The van der Waals surface area contributed by atoms with Crippen LogP contribution in [0.15, 0.2) is 0 Å². The lowest BCUT2D eigenvalue weighted by atomic mass is 9.86. The van der Waals surface area contributed by atoms with E-state index in [0.717, 1.165) is 0 Å². The summed E-state index contributed by atoms with van der Waals surface area (Å²) >= 11 is 0. The molecule has 0 amide bonds. The fourth-order valence-electron chi connectivity index (χ4n) is 0.204. The predicted octanol–water partition coefficient (Wildman–Crippen LogP) is -0.582. The topological polar surface area (TPSA) is 18.5 Å². The Kier molecular flexibility index (Phi) is 0.669. The van der Waals surface area contributed by atoms with E-state index >= 15 is 0 Å². The molecule has 0 N–H and O–H groups in total. The number of hydrogen-bond donors (Lipinski definition) is 0. The van der Waals surface area contributed by atoms with Gasteiger partial charge in [0.2, 0.25) is 0 Å². The van der Waals surface area contributed by atoms with Gasteiger partial charge in [-0.05, 0) is 6.82 Å². The Bertz CT molecular complexity index is 34.6. The van der Waals surface area contributed by atoms with Crippen molar-refractivity contribution in [2.75, 3.05) is 0 Å². The maximum Gasteiger partial charge on any atom is 0.425 e. The van der Waals surface area contributed by atoms with Crippen molar-refractivity contribution < 1.29 is 9.14 Å². The minimum absolute atomic E-state index is 0.0648. The molecule has 0 atom stereocenters. The molecule has 0 bridgehead atoms. The van der Waals surface area contributed by atoms with Crippen LogP contribution in [0.2, 0.25) is 6.82 Å². The second kappa shape index (κ2) is 1.03. The highest BCUT2D eigenvalue weighted by Gasteiger charge is 2.19. The first-order valence-electron chi connectivity index (χ1n) is 1.63. The third kappa shape index (κ3) is 0.465. The minimum Gasteiger partial charge on any atom is -0.456 e. The summed E-state index contributed by atoms with van der Waals surface area (Å²) in [5, 5.41) is 0. The lowest BCUT2D eigenvalue weighted by Crippen LogP contribution is -2.35. The Morgan fingerprint density at radius 3 is 2.00 bits per heavy atom. The SMILES string of the molecule is CB1OBO1. The van der Waals surface area contributed by atoms with Crippen molar-refractivity contribution in [1.82, 2.24) is 0 Å². The van der Waals surface area contributed by atoms with Crippen molar-refractivity contribution in [3.63, 3.8) is 0 Å². The molecule has 1 aliphatic rings. The van der Waals surface area contributed by atoms with Gasteiger partial charge in [0.1, 0.15) is 0 Å². The van der Waals surface area contributed by atoms with Gasteiger partial charge in [-0.15, -0.1) is 0 Å². The van der Waals surface area contributed by atoms with Crippen molar-refractivity contribution in [3.05, 3.63) is 0 Å². The van der Waals surface area contributed by atoms with Crippen molar-refractivity contribution >= 4 is 14.8 Å². The molecular formula is CH4B2O2. The number of hydrogen-bond acceptors (Lipinski definition) is 2. The lowest BCUT2D eigenvalue weighted by Gasteiger charge is -2.17. The van der Waals surface area contributed by atoms with Gasteiger partial charge < -0.3 is 9.14 Å². The molecule has 1 aliphatic heterocycles. The fourth-order valence-corrected chi connectivity index (χ4v) is 0.204. The summed E-state index contributed by atoms with van der Waals surface area (Å²) in [4.78, 5) is 0. The lowest BCUT2D eigenvalue weighted by molar-refractivity contribution is 0.319. The largest absolute Gasteiger partial charge is 0.456 e. The normalized spacial score (nSPS) is 20.6. The Morgan fingerprint density at radius 2 is 2.00 bits per heavy atom. The highest BCUT2D eigenvalue weighted by Crippen LogP contribution is 1.94. The zero-order valence-electron chi connectivity index (χ0n) is 3.10. The van der Waals surface area contributed by atoms with Crippen LogP contribution in [0, 0.1) is 0 Å². The van der Waals surface area contributed by atoms with E-state index in [9.17, 15) is 0 Å². The van der Waals surface area contributed by atoms with Crippen LogP contribution < -0.4 is 0 Å². The Morgan fingerprint density at radius 1 is 1.60 bits per heavy atom. The molecule has 0 aromatic heterocycles. The molecule has 0 aliphatic carbocycles. The predicted molar refractivity (Wildman–Crippen MR) is 20.9 cm³/mol. The summed E-state index contributed by atoms with van der Waals surface area (Å²) in [5.74, 6) is 0. The molecule has 0 aromatic carbocycles. The third-order valence-corrected chi connectivity index (χ3v) is 0.605. The molecule has 0 spiro atoms. The van der Waals surface area contributed by atoms with Gasteiger partial charge >= 0.3 is 14.8 Å². The summed E-state index contributed by atoms with van der Waals surface area (Å²) in [6.07, 6.45) is 0. The van der Waals surface area contributed by atoms with Crippen LogP contribution in [0.5, 0.6) is 0 Å². The van der Waals surface area contributed by atoms with E-state index in [4.69, 9.17) is 9.14 Å². The molecule has 5 heavy (non-hydrogen) atoms. The fraction of sp³-hybridized carbons (Fsp3) is 1.00. The molecule has 26 valence electrons. The highest BCUT2D eigenvalue weighted by atomic mass is 16.7. The van der Waals surface area contributed by atoms with Gasteiger partial charge in [-0.1, -0.05) is 0 Å². The van der Waals surface area contributed by atoms with E-state index in [-0.39, 0.29) is 7.12 Å². The molecule has 0 unspecified atom stereocenters. The molecule has 1 saturated heterocycles. The van der Waals surface area contributed by atoms with Crippen molar-refractivity contribution in [2.24, 2.45) is 0 Å². The summed E-state index contributed by atoms with van der Waals surface area (Å²) < 4.78 is 9.42. The zero-order valence-corrected chi connectivity index (χ0v) is 3.10. The summed E-state index contributed by atoms with van der Waals surface area (Å²) in [7, 11) is 0.552. The Labute approximate surface area is 31.9 Å². The number of rotatable bonds is 0. The van der Waals surface area contributed by atoms with Crippen LogP contribution >= 0.6 is 0 Å². The standard InChI is InChI=1S/CH4B2O2/c1-3-4-2-5-3/h2H,1H3. The van der Waals surface area contributed by atoms with Crippen LogP contribution in [0.4, 0.5) is 0 Å². The van der Waals surface area contributed by atoms with E-state index < -0.39 is 0 Å². The molecule has 0 radical (unpaired) electrons. The van der Waals surface area contributed by atoms with Crippen molar-refractivity contribution in [3.8, 4) is 0 Å². The van der Waals surface area contributed by atoms with E-state index in [1.165, 1.54) is 0 Å². The first-order valence-corrected chi connectivity index (χ1v) is 1.63.